The molecule has 7 nitrogen and oxygen atoms in total. The van der Waals surface area contributed by atoms with Gasteiger partial charge in [0.25, 0.3) is 0 Å². The van der Waals surface area contributed by atoms with Gasteiger partial charge in [-0.3, -0.25) is 5.43 Å². The Morgan fingerprint density at radius 2 is 1.85 bits per heavy atom. The molecule has 0 spiro atoms. The molecule has 39 heavy (non-hydrogen) atoms. The van der Waals surface area contributed by atoms with Crippen LogP contribution in [0, 0.1) is 0 Å². The average molecular weight is 554 g/mol. The van der Waals surface area contributed by atoms with E-state index in [2.05, 4.69) is 10.4 Å². The Balaban J connectivity index is 1.25. The first-order valence-electron chi connectivity index (χ1n) is 11.9. The number of furan rings is 1. The van der Waals surface area contributed by atoms with Crippen LogP contribution in [0.1, 0.15) is 11.1 Å². The molecule has 2 aromatic heterocycles. The highest BCUT2D eigenvalue weighted by Crippen LogP contribution is 2.39. The smallest absolute Gasteiger partial charge is 0.416 e. The molecule has 1 N–H and O–H groups in total. The number of fused-ring (bicyclic) bond motifs is 2. The number of halogens is 3. The van der Waals surface area contributed by atoms with Gasteiger partial charge in [0, 0.05) is 19.2 Å². The lowest BCUT2D eigenvalue weighted by atomic mass is 10.0. The van der Waals surface area contributed by atoms with Crippen molar-refractivity contribution < 1.29 is 31.8 Å². The van der Waals surface area contributed by atoms with Crippen LogP contribution >= 0.6 is 11.8 Å². The van der Waals surface area contributed by atoms with Crippen LogP contribution in [0.25, 0.3) is 33.6 Å². The van der Waals surface area contributed by atoms with E-state index in [1.54, 1.807) is 31.0 Å². The lowest BCUT2D eigenvalue weighted by molar-refractivity contribution is -0.137. The van der Waals surface area contributed by atoms with Gasteiger partial charge >= 0.3 is 6.18 Å². The maximum atomic E-state index is 12.9. The summed E-state index contributed by atoms with van der Waals surface area (Å²) in [4.78, 5) is 4.63. The third-order valence-electron chi connectivity index (χ3n) is 6.27. The molecule has 0 fully saturated rings. The van der Waals surface area contributed by atoms with Crippen LogP contribution in [-0.2, 0) is 17.5 Å². The molecule has 200 valence electrons. The van der Waals surface area contributed by atoms with Crippen molar-refractivity contribution in [2.45, 2.75) is 23.5 Å². The van der Waals surface area contributed by atoms with Gasteiger partial charge in [-0.1, -0.05) is 30.3 Å². The number of thioether (sulfide) groups is 1. The lowest BCUT2D eigenvalue weighted by Crippen LogP contribution is -2.19. The molecule has 0 saturated carbocycles. The monoisotopic (exact) mass is 553 g/mol. The summed E-state index contributed by atoms with van der Waals surface area (Å²) in [6.07, 6.45) is -2.53. The maximum absolute atomic E-state index is 12.9. The van der Waals surface area contributed by atoms with Crippen LogP contribution in [0.2, 0.25) is 0 Å². The largest absolute Gasteiger partial charge is 0.496 e. The van der Waals surface area contributed by atoms with Crippen molar-refractivity contribution in [3.8, 4) is 34.1 Å². The number of alkyl halides is 3. The van der Waals surface area contributed by atoms with E-state index in [1.807, 2.05) is 36.5 Å². The summed E-state index contributed by atoms with van der Waals surface area (Å²) in [5, 5.41) is 1.52. The molecule has 0 saturated heterocycles. The molecular formula is C28H22F3N3O4S. The van der Waals surface area contributed by atoms with Gasteiger partial charge in [-0.2, -0.15) is 13.2 Å². The van der Waals surface area contributed by atoms with E-state index in [0.717, 1.165) is 33.8 Å². The molecule has 1 aliphatic heterocycles. The van der Waals surface area contributed by atoms with E-state index in [4.69, 9.17) is 18.6 Å². The lowest BCUT2D eigenvalue weighted by Gasteiger charge is -2.11. The summed E-state index contributed by atoms with van der Waals surface area (Å²) in [6.45, 7) is 0.231. The van der Waals surface area contributed by atoms with Gasteiger partial charge in [-0.05, 0) is 52.7 Å². The first kappa shape index (κ1) is 25.2. The minimum absolute atomic E-state index is 0.195. The average Bonchev–Trinajstić information content (AvgIpc) is 3.64. The molecule has 1 atom stereocenters. The van der Waals surface area contributed by atoms with Crippen molar-refractivity contribution in [1.29, 1.82) is 0 Å². The van der Waals surface area contributed by atoms with Gasteiger partial charge in [0.1, 0.15) is 29.4 Å². The summed E-state index contributed by atoms with van der Waals surface area (Å²) in [5.41, 5.74) is 5.86. The third-order valence-corrected chi connectivity index (χ3v) is 7.28. The van der Waals surface area contributed by atoms with Crippen LogP contribution in [-0.4, -0.2) is 29.4 Å². The van der Waals surface area contributed by atoms with Gasteiger partial charge in [0.15, 0.2) is 16.5 Å². The quantitative estimate of drug-likeness (QED) is 0.230. The SMILES string of the molecule is COc1cc(OCc2cccc(-c3ccc(C(F)(F)F)cc3)c2)c2cc(-c3cn4c(n3)SC(OC)N4)oc2c1. The van der Waals surface area contributed by atoms with Gasteiger partial charge in [-0.15, -0.1) is 0 Å². The number of rotatable bonds is 7. The van der Waals surface area contributed by atoms with Crippen molar-refractivity contribution in [3.05, 3.63) is 84.1 Å². The topological polar surface area (TPSA) is 70.7 Å². The van der Waals surface area contributed by atoms with E-state index in [9.17, 15) is 13.2 Å². The summed E-state index contributed by atoms with van der Waals surface area (Å²) in [5.74, 6) is 1.72. The van der Waals surface area contributed by atoms with Crippen LogP contribution in [0.15, 0.2) is 82.5 Å². The van der Waals surface area contributed by atoms with Crippen LogP contribution in [0.4, 0.5) is 13.2 Å². The van der Waals surface area contributed by atoms with Crippen molar-refractivity contribution >= 4 is 22.7 Å². The molecule has 1 unspecified atom stereocenters. The fourth-order valence-corrected chi connectivity index (χ4v) is 5.12. The minimum Gasteiger partial charge on any atom is -0.496 e. The Kier molecular flexibility index (Phi) is 6.40. The van der Waals surface area contributed by atoms with Crippen molar-refractivity contribution in [2.75, 3.05) is 19.6 Å². The summed E-state index contributed by atoms with van der Waals surface area (Å²) >= 11 is 1.46. The van der Waals surface area contributed by atoms with E-state index in [0.29, 0.717) is 34.1 Å². The second-order valence-corrected chi connectivity index (χ2v) is 9.83. The molecule has 0 aliphatic carbocycles. The van der Waals surface area contributed by atoms with Crippen LogP contribution < -0.4 is 14.9 Å². The number of imidazole rings is 1. The Morgan fingerprint density at radius 3 is 2.56 bits per heavy atom. The predicted molar refractivity (Wildman–Crippen MR) is 141 cm³/mol. The Hall–Kier alpha value is -4.09. The molecule has 1 aliphatic rings. The van der Waals surface area contributed by atoms with Gasteiger partial charge in [-0.25, -0.2) is 9.66 Å². The Morgan fingerprint density at radius 1 is 1.03 bits per heavy atom. The van der Waals surface area contributed by atoms with Gasteiger partial charge in [0.05, 0.1) is 24.3 Å². The molecule has 3 aromatic carbocycles. The molecule has 6 rings (SSSR count). The number of nitrogens with one attached hydrogen (secondary N) is 1. The zero-order valence-corrected chi connectivity index (χ0v) is 21.6. The van der Waals surface area contributed by atoms with Crippen molar-refractivity contribution in [1.82, 2.24) is 9.66 Å². The summed E-state index contributed by atoms with van der Waals surface area (Å²) in [6, 6.07) is 18.0. The number of benzene rings is 3. The van der Waals surface area contributed by atoms with Crippen molar-refractivity contribution in [3.63, 3.8) is 0 Å². The molecule has 3 heterocycles. The van der Waals surface area contributed by atoms with E-state index < -0.39 is 11.7 Å². The van der Waals surface area contributed by atoms with Gasteiger partial charge < -0.3 is 18.6 Å². The Bertz CT molecular complexity index is 1620. The predicted octanol–water partition coefficient (Wildman–Crippen LogP) is 7.15. The first-order valence-corrected chi connectivity index (χ1v) is 12.8. The zero-order chi connectivity index (χ0) is 27.1. The minimum atomic E-state index is -4.37. The normalized spacial score (nSPS) is 14.8. The summed E-state index contributed by atoms with van der Waals surface area (Å²) in [7, 11) is 3.19. The van der Waals surface area contributed by atoms with E-state index in [-0.39, 0.29) is 12.2 Å². The first-order chi connectivity index (χ1) is 18.8. The number of aromatic nitrogens is 2. The molecule has 0 bridgehead atoms. The highest BCUT2D eigenvalue weighted by molar-refractivity contribution is 7.99. The van der Waals surface area contributed by atoms with Crippen molar-refractivity contribution in [2.24, 2.45) is 0 Å². The fourth-order valence-electron chi connectivity index (χ4n) is 4.29. The number of hydrogen-bond acceptors (Lipinski definition) is 7. The third kappa shape index (κ3) is 5.02. The number of hydrogen-bond donors (Lipinski definition) is 1. The molecule has 5 aromatic rings. The maximum Gasteiger partial charge on any atom is 0.416 e. The van der Waals surface area contributed by atoms with Gasteiger partial charge in [0.2, 0.25) is 0 Å². The second-order valence-electron chi connectivity index (χ2n) is 8.81. The highest BCUT2D eigenvalue weighted by atomic mass is 32.2. The van der Waals surface area contributed by atoms with Crippen LogP contribution in [0.3, 0.4) is 0 Å². The second kappa shape index (κ2) is 9.90. The highest BCUT2D eigenvalue weighted by Gasteiger charge is 2.30. The van der Waals surface area contributed by atoms with Crippen LogP contribution in [0.5, 0.6) is 11.5 Å². The van der Waals surface area contributed by atoms with E-state index >= 15 is 0 Å². The molecule has 0 radical (unpaired) electrons. The molecular weight excluding hydrogens is 531 g/mol. The summed E-state index contributed by atoms with van der Waals surface area (Å²) < 4.78 is 63.6. The number of ether oxygens (including phenoxy) is 3. The standard InChI is InChI=1S/C28H22F3N3O4S/c1-35-20-11-23(21-13-25(38-24(21)12-20)22-14-34-26(32-22)39-27(33-34)36-2)37-15-16-4-3-5-18(10-16)17-6-8-19(9-7-17)28(29,30)31/h3-14,27,33H,15H2,1-2H3. The Labute approximate surface area is 225 Å². The number of methoxy groups -OCH3 is 2. The molecule has 11 heteroatoms. The molecule has 0 amide bonds. The van der Waals surface area contributed by atoms with E-state index in [1.165, 1.54) is 23.9 Å². The zero-order valence-electron chi connectivity index (χ0n) is 20.8. The fraction of sp³-hybridized carbons (Fsp3) is 0.179. The number of nitrogens with zero attached hydrogens (tertiary/aromatic N) is 2.